The van der Waals surface area contributed by atoms with Crippen molar-refractivity contribution in [1.82, 2.24) is 9.79 Å². The topological polar surface area (TPSA) is 42.8 Å². The van der Waals surface area contributed by atoms with E-state index in [1.807, 2.05) is 6.07 Å². The van der Waals surface area contributed by atoms with E-state index >= 15 is 0 Å². The van der Waals surface area contributed by atoms with E-state index in [0.29, 0.717) is 5.88 Å². The van der Waals surface area contributed by atoms with Gasteiger partial charge in [0.05, 0.1) is 6.20 Å². The smallest absolute Gasteiger partial charge is 0.250 e. The first-order chi connectivity index (χ1) is 4.90. The summed E-state index contributed by atoms with van der Waals surface area (Å²) in [5.41, 5.74) is 0.891. The van der Waals surface area contributed by atoms with Crippen LogP contribution in [-0.4, -0.2) is 16.5 Å². The highest BCUT2D eigenvalue weighted by atomic mass is 16.5. The molecule has 0 spiro atoms. The van der Waals surface area contributed by atoms with Crippen LogP contribution in [0.2, 0.25) is 0 Å². The first-order valence-electron chi connectivity index (χ1n) is 2.81. The van der Waals surface area contributed by atoms with Gasteiger partial charge in [-0.3, -0.25) is 0 Å². The van der Waals surface area contributed by atoms with Crippen LogP contribution in [0, 0.1) is 0 Å². The Balaban J connectivity index is 2.78. The Kier molecular flexibility index (Phi) is 0.887. The number of hydrogen-bond acceptors (Lipinski definition) is 3. The average Bonchev–Trinajstić information content (AvgIpc) is 2.42. The van der Waals surface area contributed by atoms with Gasteiger partial charge < -0.3 is 4.52 Å². The maximum Gasteiger partial charge on any atom is 0.250 e. The van der Waals surface area contributed by atoms with Crippen molar-refractivity contribution in [2.75, 3.05) is 0 Å². The highest BCUT2D eigenvalue weighted by Gasteiger charge is 1.99. The van der Waals surface area contributed by atoms with Crippen LogP contribution in [-0.2, 0) is 0 Å². The van der Waals surface area contributed by atoms with E-state index in [-0.39, 0.29) is 0 Å². The lowest BCUT2D eigenvalue weighted by molar-refractivity contribution is 0.348. The molecule has 0 aliphatic heterocycles. The summed E-state index contributed by atoms with van der Waals surface area (Å²) >= 11 is 0. The third kappa shape index (κ3) is 0.556. The summed E-state index contributed by atoms with van der Waals surface area (Å²) in [6, 6.07) is 3.60. The van der Waals surface area contributed by atoms with Crippen LogP contribution >= 0.6 is 0 Å². The van der Waals surface area contributed by atoms with Gasteiger partial charge in [0, 0.05) is 6.07 Å². The molecule has 2 aromatic rings. The van der Waals surface area contributed by atoms with Gasteiger partial charge in [-0.15, -0.1) is 5.10 Å². The van der Waals surface area contributed by atoms with Crippen LogP contribution in [0.4, 0.5) is 5.88 Å². The van der Waals surface area contributed by atoms with Gasteiger partial charge in [0.25, 0.3) is 0 Å². The van der Waals surface area contributed by atoms with Gasteiger partial charge in [-0.05, 0) is 12.8 Å². The molecule has 0 aliphatic rings. The summed E-state index contributed by atoms with van der Waals surface area (Å²) in [6.07, 6.45) is 1.66. The molecular formula is C6H5N3O. The molecule has 10 heavy (non-hydrogen) atoms. The van der Waals surface area contributed by atoms with Crippen molar-refractivity contribution in [3.8, 4) is 0 Å². The minimum Gasteiger partial charge on any atom is -0.337 e. The van der Waals surface area contributed by atoms with Gasteiger partial charge >= 0.3 is 0 Å². The van der Waals surface area contributed by atoms with Gasteiger partial charge in [-0.1, -0.05) is 4.69 Å². The lowest BCUT2D eigenvalue weighted by Crippen LogP contribution is -1.74. The van der Waals surface area contributed by atoms with E-state index < -0.39 is 0 Å². The molecular weight excluding hydrogens is 130 g/mol. The van der Waals surface area contributed by atoms with Crippen LogP contribution < -0.4 is 0 Å². The minimum absolute atomic E-state index is 0.489. The van der Waals surface area contributed by atoms with Gasteiger partial charge in [-0.25, -0.2) is 4.99 Å². The third-order valence-corrected chi connectivity index (χ3v) is 1.24. The normalized spacial score (nSPS) is 10.4. The maximum absolute atomic E-state index is 5.03. The molecule has 0 N–H and O–H groups in total. The van der Waals surface area contributed by atoms with E-state index in [1.54, 1.807) is 12.3 Å². The van der Waals surface area contributed by atoms with Crippen molar-refractivity contribution in [2.45, 2.75) is 0 Å². The standard InChI is InChI=1S/C6H5N3O/c1-7-6-4-5-2-3-8-9(5)10-6/h2-4H,1H2. The predicted octanol–water partition coefficient (Wildman–Crippen LogP) is 1.26. The van der Waals surface area contributed by atoms with Gasteiger partial charge in [0.1, 0.15) is 5.52 Å². The molecule has 0 radical (unpaired) electrons. The fraction of sp³-hybridized carbons (Fsp3) is 0. The fourth-order valence-electron chi connectivity index (χ4n) is 0.796. The molecule has 0 aromatic carbocycles. The van der Waals surface area contributed by atoms with Gasteiger partial charge in [0.2, 0.25) is 5.88 Å². The van der Waals surface area contributed by atoms with Gasteiger partial charge in [0.15, 0.2) is 0 Å². The predicted molar refractivity (Wildman–Crippen MR) is 36.7 cm³/mol. The molecule has 0 saturated carbocycles. The minimum atomic E-state index is 0.489. The molecule has 0 bridgehead atoms. The maximum atomic E-state index is 5.03. The fourth-order valence-corrected chi connectivity index (χ4v) is 0.796. The SMILES string of the molecule is C=Nc1cc2ccnn2o1. The molecule has 2 heterocycles. The Hall–Kier alpha value is -1.58. The van der Waals surface area contributed by atoms with Crippen LogP contribution in [0.25, 0.3) is 5.52 Å². The zero-order valence-electron chi connectivity index (χ0n) is 5.19. The second-order valence-corrected chi connectivity index (χ2v) is 1.86. The summed E-state index contributed by atoms with van der Waals surface area (Å²) in [4.78, 5) is 3.60. The Morgan fingerprint density at radius 1 is 1.70 bits per heavy atom. The zero-order valence-corrected chi connectivity index (χ0v) is 5.19. The first kappa shape index (κ1) is 5.22. The summed E-state index contributed by atoms with van der Waals surface area (Å²) in [5, 5.41) is 3.85. The lowest BCUT2D eigenvalue weighted by atomic mass is 10.5. The van der Waals surface area contributed by atoms with E-state index in [2.05, 4.69) is 16.8 Å². The quantitative estimate of drug-likeness (QED) is 0.552. The highest BCUT2D eigenvalue weighted by molar-refractivity contribution is 5.52. The van der Waals surface area contributed by atoms with Crippen molar-refractivity contribution in [3.05, 3.63) is 18.3 Å². The van der Waals surface area contributed by atoms with E-state index in [4.69, 9.17) is 4.52 Å². The van der Waals surface area contributed by atoms with Crippen molar-refractivity contribution < 1.29 is 4.52 Å². The number of nitrogens with zero attached hydrogens (tertiary/aromatic N) is 3. The number of rotatable bonds is 1. The molecule has 50 valence electrons. The number of hydrogen-bond donors (Lipinski definition) is 0. The highest BCUT2D eigenvalue weighted by Crippen LogP contribution is 2.15. The monoisotopic (exact) mass is 135 g/mol. The van der Waals surface area contributed by atoms with Crippen LogP contribution in [0.5, 0.6) is 0 Å². The largest absolute Gasteiger partial charge is 0.337 e. The Morgan fingerprint density at radius 2 is 2.60 bits per heavy atom. The van der Waals surface area contributed by atoms with E-state index in [0.717, 1.165) is 5.52 Å². The van der Waals surface area contributed by atoms with Crippen molar-refractivity contribution in [2.24, 2.45) is 4.99 Å². The molecule has 0 amide bonds. The molecule has 0 atom stereocenters. The molecule has 2 rings (SSSR count). The number of fused-ring (bicyclic) bond motifs is 1. The Bertz CT molecular complexity index is 331. The van der Waals surface area contributed by atoms with Crippen molar-refractivity contribution >= 4 is 18.1 Å². The molecule has 4 heteroatoms. The Morgan fingerprint density at radius 3 is 3.30 bits per heavy atom. The summed E-state index contributed by atoms with van der Waals surface area (Å²) in [7, 11) is 0. The lowest BCUT2D eigenvalue weighted by Gasteiger charge is -1.77. The summed E-state index contributed by atoms with van der Waals surface area (Å²) < 4.78 is 6.43. The molecule has 0 unspecified atom stereocenters. The first-order valence-corrected chi connectivity index (χ1v) is 2.81. The van der Waals surface area contributed by atoms with E-state index in [1.165, 1.54) is 4.69 Å². The molecule has 2 aromatic heterocycles. The molecule has 0 aliphatic carbocycles. The number of aliphatic imine (C=N–C) groups is 1. The zero-order chi connectivity index (χ0) is 6.97. The second-order valence-electron chi connectivity index (χ2n) is 1.86. The molecule has 0 saturated heterocycles. The van der Waals surface area contributed by atoms with Crippen LogP contribution in [0.3, 0.4) is 0 Å². The second kappa shape index (κ2) is 1.70. The van der Waals surface area contributed by atoms with Crippen molar-refractivity contribution in [3.63, 3.8) is 0 Å². The average molecular weight is 135 g/mol. The summed E-state index contributed by atoms with van der Waals surface area (Å²) in [6.45, 7) is 3.32. The molecule has 0 fully saturated rings. The number of aromatic nitrogens is 2. The molecule has 4 nitrogen and oxygen atoms in total. The van der Waals surface area contributed by atoms with Crippen LogP contribution in [0.1, 0.15) is 0 Å². The summed E-state index contributed by atoms with van der Waals surface area (Å²) in [5.74, 6) is 0.489. The Labute approximate surface area is 56.7 Å². The van der Waals surface area contributed by atoms with E-state index in [9.17, 15) is 0 Å². The third-order valence-electron chi connectivity index (χ3n) is 1.24. The van der Waals surface area contributed by atoms with Crippen molar-refractivity contribution in [1.29, 1.82) is 0 Å². The van der Waals surface area contributed by atoms with Gasteiger partial charge in [-0.2, -0.15) is 0 Å². The van der Waals surface area contributed by atoms with Crippen LogP contribution in [0.15, 0.2) is 27.8 Å².